The second kappa shape index (κ2) is 53.0. The van der Waals surface area contributed by atoms with Crippen molar-refractivity contribution in [2.24, 2.45) is 35.5 Å². The Balaban J connectivity index is 0.000000328. The van der Waals surface area contributed by atoms with Crippen LogP contribution in [0, 0.1) is 111 Å². The van der Waals surface area contributed by atoms with Gasteiger partial charge >= 0.3 is 73.5 Å². The van der Waals surface area contributed by atoms with Crippen LogP contribution in [0.15, 0.2) is 0 Å². The van der Waals surface area contributed by atoms with Crippen molar-refractivity contribution in [2.75, 3.05) is 52.2 Å². The lowest BCUT2D eigenvalue weighted by molar-refractivity contribution is -0.248. The summed E-state index contributed by atoms with van der Waals surface area (Å²) in [6.45, 7) is 2.14. The zero-order valence-electron chi connectivity index (χ0n) is 70.6. The smallest absolute Gasteiger partial charge is 0.504 e. The Morgan fingerprint density at radius 1 is 0.400 bits per heavy atom. The van der Waals surface area contributed by atoms with Crippen LogP contribution in [0.4, 0.5) is 110 Å². The molecule has 9 rings (SSSR count). The molecule has 130 heavy (non-hydrogen) atoms. The molecule has 0 bridgehead atoms. The van der Waals surface area contributed by atoms with E-state index in [0.717, 1.165) is 122 Å². The number of phenolic OH excluding ortho intramolecular Hbond substituents is 2. The summed E-state index contributed by atoms with van der Waals surface area (Å²) in [5.74, 6) is -35.4. The molecule has 2 aliphatic heterocycles. The highest BCUT2D eigenvalue weighted by Gasteiger charge is 2.51. The van der Waals surface area contributed by atoms with E-state index in [-0.39, 0.29) is 57.4 Å². The van der Waals surface area contributed by atoms with Gasteiger partial charge in [-0.3, -0.25) is 32.4 Å². The summed E-state index contributed by atoms with van der Waals surface area (Å²) in [5, 5.41) is 18.6. The number of sulfonamides is 1. The third kappa shape index (κ3) is 38.5. The molecule has 2 unspecified atom stereocenters. The van der Waals surface area contributed by atoms with E-state index in [0.29, 0.717) is 94.7 Å². The standard InChI is InChI=1S/2C16H18F4O3.C15H21F6NO4.C15H15F5O2.C9H16F3NO5S2.C9H15F3O3S/c2*17-12-10(16(22)15(20)14(19)13(12)18)8-23-11(21)7-6-9-4-2-1-3-5-9;1-9(25-10(2)23)8-22-5-3-11(4-6-22)7-12(14(16,17)18)26-13(24)15(19,20)21;16-10-11(17)13(19)15(14(20)12(10)18)22-9(21)7-6-8-4-2-1-3-5-8;1-19(14,15)13-5-2-8(3-6-13)4-7-18-20(16,17)9(10,11)12;10-9(11,12)16(13,14)15-7-6-8-4-2-1-3-5-8/h2*9,22H,1-8H2;9,11-12H,3-8H2,1-2H3;8H,1-7H2;8H,2-7H2,1H3;8H,1-7H2. The summed E-state index contributed by atoms with van der Waals surface area (Å²) < 4.78 is 414. The first-order chi connectivity index (χ1) is 60.3. The largest absolute Gasteiger partial charge is 0.523 e. The Bertz CT molecular complexity index is 4300. The molecule has 6 fully saturated rings. The molecule has 22 nitrogen and oxygen atoms in total. The number of benzene rings is 3. The summed E-state index contributed by atoms with van der Waals surface area (Å²) in [5.41, 5.74) is -12.5. The minimum absolute atomic E-state index is 0.0450. The van der Waals surface area contributed by atoms with Crippen molar-refractivity contribution < 1.29 is 201 Å². The Morgan fingerprint density at radius 3 is 1.03 bits per heavy atom. The van der Waals surface area contributed by atoms with Gasteiger partial charge in [-0.05, 0) is 120 Å². The van der Waals surface area contributed by atoms with Gasteiger partial charge in [0.15, 0.2) is 40.9 Å². The van der Waals surface area contributed by atoms with Crippen LogP contribution in [0.2, 0.25) is 0 Å². The second-order valence-electron chi connectivity index (χ2n) is 32.0. The molecule has 2 atom stereocenters. The molecule has 3 aromatic rings. The highest BCUT2D eigenvalue weighted by molar-refractivity contribution is 7.88. The number of halogens is 25. The lowest BCUT2D eigenvalue weighted by atomic mass is 9.86. The van der Waals surface area contributed by atoms with E-state index in [4.69, 9.17) is 14.2 Å². The number of esters is 5. The molecule has 4 aliphatic carbocycles. The van der Waals surface area contributed by atoms with E-state index < -0.39 is 226 Å². The highest BCUT2D eigenvalue weighted by atomic mass is 32.2. The van der Waals surface area contributed by atoms with Gasteiger partial charge in [0, 0.05) is 45.8 Å². The third-order valence-electron chi connectivity index (χ3n) is 22.1. The average Bonchev–Trinajstić information content (AvgIpc) is 0.807. The molecule has 3 aromatic carbocycles. The van der Waals surface area contributed by atoms with Crippen molar-refractivity contribution in [1.29, 1.82) is 0 Å². The van der Waals surface area contributed by atoms with Gasteiger partial charge in [0.1, 0.15) is 19.3 Å². The van der Waals surface area contributed by atoms with Gasteiger partial charge in [-0.2, -0.15) is 87.1 Å². The maximum Gasteiger partial charge on any atom is 0.523 e. The molecule has 2 saturated heterocycles. The van der Waals surface area contributed by atoms with E-state index in [9.17, 15) is 169 Å². The SMILES string of the molecule is CC(=O)OC(C)CN1CCC(CC(OC(=O)C(F)(F)F)C(F)(F)F)CC1.CS(=O)(=O)N1CCC(CCOS(=O)(=O)C(F)(F)F)CC1.O=C(CCC1CCCCC1)OCc1c(O)c(F)c(F)c(F)c1F.O=C(CCC1CCCCC1)OCc1c(O)c(F)c(F)c(F)c1F.O=C(CCC1CCCCC1)Oc1c(F)c(F)c(F)c(F)c1F.O=S(=O)(OCCC1CCCCC1)C(F)(F)F. The number of rotatable bonds is 29. The van der Waals surface area contributed by atoms with Crippen molar-refractivity contribution in [1.82, 2.24) is 9.21 Å². The molecule has 4 saturated carbocycles. The molecular weight excluding hydrogens is 1880 g/mol. The van der Waals surface area contributed by atoms with Crippen LogP contribution >= 0.6 is 0 Å². The minimum Gasteiger partial charge on any atom is -0.504 e. The minimum atomic E-state index is -5.54. The zero-order chi connectivity index (χ0) is 98.2. The van der Waals surface area contributed by atoms with Crippen LogP contribution in [-0.2, 0) is 94.8 Å². The van der Waals surface area contributed by atoms with Gasteiger partial charge in [-0.15, -0.1) is 0 Å². The van der Waals surface area contributed by atoms with Crippen molar-refractivity contribution in [3.63, 3.8) is 0 Å². The summed E-state index contributed by atoms with van der Waals surface area (Å²) in [6.07, 6.45) is 12.2. The number of piperidine rings is 2. The number of hydrogen-bond acceptors (Lipinski definition) is 21. The third-order valence-corrected chi connectivity index (χ3v) is 25.5. The lowest BCUT2D eigenvalue weighted by Crippen LogP contribution is -2.43. The van der Waals surface area contributed by atoms with Gasteiger partial charge in [0.25, 0.3) is 0 Å². The first-order valence-corrected chi connectivity index (χ1v) is 46.2. The predicted molar refractivity (Wildman–Crippen MR) is 409 cm³/mol. The van der Waals surface area contributed by atoms with Crippen molar-refractivity contribution >= 4 is 60.1 Å². The van der Waals surface area contributed by atoms with Gasteiger partial charge in [0.05, 0.1) is 30.6 Å². The van der Waals surface area contributed by atoms with E-state index in [1.165, 1.54) is 24.1 Å². The van der Waals surface area contributed by atoms with Crippen molar-refractivity contribution in [2.45, 2.75) is 275 Å². The number of likely N-dealkylation sites (tertiary alicyclic amines) is 1. The predicted octanol–water partition coefficient (Wildman–Crippen LogP) is 20.2. The fraction of sp³-hybridized carbons (Fsp3) is 0.713. The Kier molecular flexibility index (Phi) is 46.8. The molecule has 2 heterocycles. The molecule has 0 radical (unpaired) electrons. The summed E-state index contributed by atoms with van der Waals surface area (Å²) >= 11 is 0. The first kappa shape index (κ1) is 115. The molecule has 0 amide bonds. The van der Waals surface area contributed by atoms with Crippen molar-refractivity contribution in [3.8, 4) is 17.2 Å². The van der Waals surface area contributed by atoms with Crippen molar-refractivity contribution in [3.05, 3.63) is 86.8 Å². The monoisotopic (exact) mass is 1980 g/mol. The maximum atomic E-state index is 13.5. The number of nitrogens with zero attached hydrogens (tertiary/aromatic N) is 2. The fourth-order valence-electron chi connectivity index (χ4n) is 14.9. The van der Waals surface area contributed by atoms with Gasteiger partial charge < -0.3 is 33.9 Å². The number of aromatic hydroxyl groups is 2. The molecule has 0 spiro atoms. The van der Waals surface area contributed by atoms with Crippen LogP contribution in [0.1, 0.15) is 237 Å². The van der Waals surface area contributed by atoms with Crippen LogP contribution in [0.5, 0.6) is 17.2 Å². The molecule has 0 aromatic heterocycles. The van der Waals surface area contributed by atoms with Crippen LogP contribution in [0.3, 0.4) is 0 Å². The molecular formula is C80H103F25N2O20S3. The number of ether oxygens (including phenoxy) is 5. The summed E-state index contributed by atoms with van der Waals surface area (Å²) in [6, 6.07) is 0. The van der Waals surface area contributed by atoms with Crippen LogP contribution in [-0.4, -0.2) is 162 Å². The highest BCUT2D eigenvalue weighted by Crippen LogP contribution is 2.39. The summed E-state index contributed by atoms with van der Waals surface area (Å²) in [7, 11) is -14.2. The van der Waals surface area contributed by atoms with Gasteiger partial charge in [-0.25, -0.2) is 57.0 Å². The number of alkyl halides is 12. The molecule has 746 valence electrons. The zero-order valence-corrected chi connectivity index (χ0v) is 73.1. The molecule has 6 aliphatic rings. The molecule has 50 heteroatoms. The van der Waals surface area contributed by atoms with E-state index >= 15 is 0 Å². The number of carbonyl (C=O) groups excluding carboxylic acids is 5. The fourth-order valence-corrected chi connectivity index (χ4v) is 16.7. The second-order valence-corrected chi connectivity index (χ2v) is 37.1. The van der Waals surface area contributed by atoms with Gasteiger partial charge in [-0.1, -0.05) is 128 Å². The first-order valence-electron chi connectivity index (χ1n) is 41.5. The van der Waals surface area contributed by atoms with Crippen LogP contribution in [0.25, 0.3) is 0 Å². The quantitative estimate of drug-likeness (QED) is 0.00953. The number of carbonyl (C=O) groups is 5. The number of phenols is 2. The topological polar surface area (TPSA) is 299 Å². The van der Waals surface area contributed by atoms with E-state index in [2.05, 4.69) is 17.8 Å². The van der Waals surface area contributed by atoms with Gasteiger partial charge in [0.2, 0.25) is 68.1 Å². The maximum absolute atomic E-state index is 13.5. The Hall–Kier alpha value is -7.45. The average molecular weight is 1980 g/mol. The normalized spacial score (nSPS) is 17.7. The number of hydrogen-bond donors (Lipinski definition) is 2. The van der Waals surface area contributed by atoms with Crippen LogP contribution < -0.4 is 4.74 Å². The Morgan fingerprint density at radius 2 is 0.708 bits per heavy atom. The van der Waals surface area contributed by atoms with E-state index in [1.54, 1.807) is 6.92 Å². The van der Waals surface area contributed by atoms with E-state index in [1.807, 2.05) is 4.90 Å². The lowest BCUT2D eigenvalue weighted by Gasteiger charge is -2.34. The summed E-state index contributed by atoms with van der Waals surface area (Å²) in [4.78, 5) is 58.3. The Labute approximate surface area is 733 Å². The molecule has 2 N–H and O–H groups in total.